The van der Waals surface area contributed by atoms with E-state index < -0.39 is 53.5 Å². The van der Waals surface area contributed by atoms with Crippen molar-refractivity contribution < 1.29 is 43.6 Å². The number of ether oxygens (including phenoxy) is 1. The Labute approximate surface area is 492 Å². The van der Waals surface area contributed by atoms with Gasteiger partial charge in [0.25, 0.3) is 0 Å². The fourth-order valence-corrected chi connectivity index (χ4v) is 10.9. The van der Waals surface area contributed by atoms with Crippen molar-refractivity contribution in [1.29, 1.82) is 0 Å². The molecule has 0 fully saturated rings. The number of fused-ring (bicyclic) bond motifs is 5. The van der Waals surface area contributed by atoms with Crippen molar-refractivity contribution in [2.75, 3.05) is 9.80 Å². The van der Waals surface area contributed by atoms with Gasteiger partial charge in [-0.3, -0.25) is 0 Å². The number of para-hydroxylation sites is 4. The van der Waals surface area contributed by atoms with Crippen LogP contribution in [-0.4, -0.2) is 9.55 Å². The van der Waals surface area contributed by atoms with Gasteiger partial charge in [0.05, 0.1) is 15.1 Å². The number of rotatable bonds is 11. The number of aromatic nitrogens is 2. The number of nitrogens with zero attached hydrogens (tertiary/aromatic N) is 4. The third-order valence-corrected chi connectivity index (χ3v) is 14.8. The maximum absolute atomic E-state index is 10.3. The third-order valence-electron chi connectivity index (χ3n) is 14.8. The summed E-state index contributed by atoms with van der Waals surface area (Å²) in [5, 5.41) is 1.84. The molecule has 0 spiro atoms. The van der Waals surface area contributed by atoms with Crippen LogP contribution in [0, 0.1) is 24.7 Å². The first-order valence-electron chi connectivity index (χ1n) is 32.5. The van der Waals surface area contributed by atoms with E-state index in [9.17, 15) is 11.0 Å². The molecule has 0 unspecified atom stereocenters. The fourth-order valence-electron chi connectivity index (χ4n) is 10.9. The molecule has 1 aliphatic heterocycles. The molecule has 0 radical (unpaired) electrons. The molecule has 6 heteroatoms. The minimum atomic E-state index is -1.62. The van der Waals surface area contributed by atoms with Crippen molar-refractivity contribution >= 4 is 44.6 Å². The summed E-state index contributed by atoms with van der Waals surface area (Å²) in [6.45, 7) is 13.8. The van der Waals surface area contributed by atoms with Crippen LogP contribution in [0.5, 0.6) is 11.5 Å². The molecule has 0 bridgehead atoms. The molecule has 388 valence electrons. The van der Waals surface area contributed by atoms with Gasteiger partial charge in [-0.05, 0) is 140 Å². The number of hydrogen-bond acceptors (Lipinski definition) is 4. The SMILES string of the molecule is [2H]c1c([2H])c([2H])c(-c2c([2H])c(-c3ccccc3)c([2H])c(-c3cccc(-c4c([2H])c([2H])c5c(c4[2H])C(C)(C)CCC5(C)C)c3N3[CH-]N(c4[c-]c(Oc5[c-]c6c(cc5)c5ccccc5n6-c5cc(C([2H])([2H])C(C)C)ccn5)ccc4)c4ccccc43)c2[2H])c([2H])c1[2H].[Pt]. The first-order chi connectivity index (χ1) is 42.8. The zero-order valence-electron chi connectivity index (χ0n) is 56.9. The largest absolute Gasteiger partial charge is 0.509 e. The van der Waals surface area contributed by atoms with E-state index in [1.807, 2.05) is 108 Å². The van der Waals surface area contributed by atoms with Gasteiger partial charge in [0.1, 0.15) is 5.82 Å². The minimum Gasteiger partial charge on any atom is -0.509 e. The Morgan fingerprint density at radius 1 is 0.603 bits per heavy atom. The van der Waals surface area contributed by atoms with Crippen molar-refractivity contribution in [2.45, 2.75) is 71.6 Å². The quantitative estimate of drug-likeness (QED) is 0.121. The summed E-state index contributed by atoms with van der Waals surface area (Å²) in [7, 11) is 0. The second-order valence-corrected chi connectivity index (χ2v) is 21.3. The number of benzene rings is 9. The first-order valence-corrected chi connectivity index (χ1v) is 26.0. The molecule has 2 aliphatic rings. The van der Waals surface area contributed by atoms with E-state index in [0.29, 0.717) is 73.4 Å². The topological polar surface area (TPSA) is 33.5 Å². The third kappa shape index (κ3) is 9.32. The van der Waals surface area contributed by atoms with Crippen LogP contribution >= 0.6 is 0 Å². The van der Waals surface area contributed by atoms with Crippen LogP contribution in [0.4, 0.5) is 22.7 Å². The predicted octanol–water partition coefficient (Wildman–Crippen LogP) is 19.2. The monoisotopic (exact) mass is 1210 g/mol. The Balaban J connectivity index is 0.00000800. The summed E-state index contributed by atoms with van der Waals surface area (Å²) in [4.78, 5) is 8.52. The smallest absolute Gasteiger partial charge is 0.135 e. The number of hydrogen-bond donors (Lipinski definition) is 0. The van der Waals surface area contributed by atoms with Crippen molar-refractivity contribution in [3.63, 3.8) is 0 Å². The molecule has 0 amide bonds. The molecule has 3 heterocycles. The summed E-state index contributed by atoms with van der Waals surface area (Å²) in [5.41, 5.74) is 4.81. The van der Waals surface area contributed by atoms with Gasteiger partial charge in [0.15, 0.2) is 0 Å². The molecule has 0 saturated heterocycles. The minimum absolute atomic E-state index is 0. The van der Waals surface area contributed by atoms with Crippen LogP contribution < -0.4 is 14.5 Å². The van der Waals surface area contributed by atoms with Gasteiger partial charge in [0.2, 0.25) is 0 Å². The molecule has 0 atom stereocenters. The van der Waals surface area contributed by atoms with Gasteiger partial charge in [-0.25, -0.2) is 4.98 Å². The molecule has 78 heavy (non-hydrogen) atoms. The summed E-state index contributed by atoms with van der Waals surface area (Å²) in [6.07, 6.45) is 1.48. The molecule has 13 rings (SSSR count). The molecule has 0 saturated carbocycles. The summed E-state index contributed by atoms with van der Waals surface area (Å²) in [6, 6.07) is 44.9. The summed E-state index contributed by atoms with van der Waals surface area (Å²) >= 11 is 0. The van der Waals surface area contributed by atoms with E-state index in [0.717, 1.165) is 29.1 Å². The van der Waals surface area contributed by atoms with Crippen molar-refractivity contribution in [1.82, 2.24) is 9.55 Å². The molecule has 11 aromatic rings. The van der Waals surface area contributed by atoms with Crippen LogP contribution in [0.15, 0.2) is 212 Å². The van der Waals surface area contributed by atoms with Crippen molar-refractivity contribution in [2.24, 2.45) is 5.92 Å². The Hall–Kier alpha value is -7.98. The Kier molecular flexibility index (Phi) is 9.88. The predicted molar refractivity (Wildman–Crippen MR) is 320 cm³/mol. The maximum Gasteiger partial charge on any atom is 0.135 e. The molecule has 9 aromatic carbocycles. The zero-order valence-corrected chi connectivity index (χ0v) is 46.2. The molecule has 2 aromatic heterocycles. The molecular weight excluding hydrogens is 1130 g/mol. The average molecular weight is 1210 g/mol. The van der Waals surface area contributed by atoms with Gasteiger partial charge in [-0.1, -0.05) is 174 Å². The van der Waals surface area contributed by atoms with Gasteiger partial charge in [0, 0.05) is 75.2 Å². The van der Waals surface area contributed by atoms with E-state index in [1.54, 1.807) is 72.9 Å². The van der Waals surface area contributed by atoms with Crippen molar-refractivity contribution in [3.05, 3.63) is 248 Å². The Morgan fingerprint density at radius 2 is 1.27 bits per heavy atom. The van der Waals surface area contributed by atoms with Gasteiger partial charge in [-0.15, -0.1) is 48.1 Å². The van der Waals surface area contributed by atoms with Crippen LogP contribution in [0.1, 0.15) is 88.9 Å². The fraction of sp³-hybridized carbons (Fsp3) is 0.167. The van der Waals surface area contributed by atoms with Gasteiger partial charge >= 0.3 is 0 Å². The van der Waals surface area contributed by atoms with Crippen LogP contribution in [0.3, 0.4) is 0 Å². The Morgan fingerprint density at radius 3 is 2.05 bits per heavy atom. The van der Waals surface area contributed by atoms with E-state index in [-0.39, 0.29) is 90.6 Å². The molecule has 5 nitrogen and oxygen atoms in total. The second-order valence-electron chi connectivity index (χ2n) is 21.3. The van der Waals surface area contributed by atoms with E-state index in [4.69, 9.17) is 16.6 Å². The normalized spacial score (nSPS) is 16.9. The Bertz CT molecular complexity index is 4770. The summed E-state index contributed by atoms with van der Waals surface area (Å²) < 4.78 is 131. The van der Waals surface area contributed by atoms with Gasteiger partial charge < -0.3 is 19.1 Å². The summed E-state index contributed by atoms with van der Waals surface area (Å²) in [5.74, 6) is 0.941. The van der Waals surface area contributed by atoms with Crippen molar-refractivity contribution in [3.8, 4) is 61.8 Å². The maximum atomic E-state index is 10.3. The van der Waals surface area contributed by atoms with Crippen LogP contribution in [-0.2, 0) is 38.3 Å². The number of anilines is 4. The average Bonchev–Trinajstić information content (AvgIpc) is 1.13. The van der Waals surface area contributed by atoms with Crippen LogP contribution in [0.25, 0.3) is 72.1 Å². The zero-order chi connectivity index (χ0) is 63.8. The molecule has 1 aliphatic carbocycles. The van der Waals surface area contributed by atoms with Gasteiger partial charge in [-0.2, -0.15) is 12.1 Å². The standard InChI is InChI=1S/C72H61N4O.Pt/c1-48(2)39-49-35-38-73-69(40-49)76-65-28-14-13-25-61(65)62-33-32-58(46-68(62)76)77-57-24-17-23-56(45-57)74-47-75(67-30-16-15-29-66(67)74)70-59(52-31-34-63-64(44-52)72(5,6)37-36-71(63,3)4)26-18-27-60(70)55-42-53(50-19-9-7-10-20-50)41-54(43-55)51-21-11-8-12-22-51;/h7-35,38,40-44,47-48H,36-37,39H2,1-6H3;/q-3;/i7D,9D,10D,19D,20D,31D,34D,39D2,41D,42D,43D,44D;. The van der Waals surface area contributed by atoms with E-state index >= 15 is 0 Å². The molecular formula is C72H61N4OPt-3. The first kappa shape index (κ1) is 37.7. The second kappa shape index (κ2) is 20.4. The van der Waals surface area contributed by atoms with E-state index in [2.05, 4.69) is 39.8 Å². The number of pyridine rings is 1. The van der Waals surface area contributed by atoms with E-state index in [1.165, 1.54) is 0 Å². The van der Waals surface area contributed by atoms with Crippen LogP contribution in [0.2, 0.25) is 0 Å². The molecule has 0 N–H and O–H groups in total.